The van der Waals surface area contributed by atoms with Crippen LogP contribution in [0.1, 0.15) is 38.5 Å². The maximum absolute atomic E-state index is 11.6. The number of aliphatic carboxylic acids is 1. The Kier molecular flexibility index (Phi) is 7.12. The van der Waals surface area contributed by atoms with Crippen molar-refractivity contribution in [3.8, 4) is 0 Å². The topological polar surface area (TPSA) is 92.4 Å². The number of nitrogens with two attached hydrogens (primary N) is 1. The van der Waals surface area contributed by atoms with E-state index in [9.17, 15) is 9.59 Å². The molecule has 0 saturated heterocycles. The van der Waals surface area contributed by atoms with Gasteiger partial charge in [-0.3, -0.25) is 9.59 Å². The van der Waals surface area contributed by atoms with Crippen LogP contribution in [0.15, 0.2) is 0 Å². The SMILES string of the molecule is N[C@H](CSCCC(=O)NC1CCCCC1)C(=O)O. The van der Waals surface area contributed by atoms with E-state index in [0.29, 0.717) is 24.0 Å². The molecule has 0 unspecified atom stereocenters. The molecule has 0 spiro atoms. The summed E-state index contributed by atoms with van der Waals surface area (Å²) in [5.41, 5.74) is 5.36. The molecule has 1 fully saturated rings. The molecule has 1 rings (SSSR count). The Balaban J connectivity index is 2.04. The lowest BCUT2D eigenvalue weighted by Crippen LogP contribution is -2.36. The van der Waals surface area contributed by atoms with Gasteiger partial charge in [0.1, 0.15) is 6.04 Å². The van der Waals surface area contributed by atoms with Gasteiger partial charge in [-0.2, -0.15) is 11.8 Å². The molecule has 6 heteroatoms. The Morgan fingerprint density at radius 3 is 2.61 bits per heavy atom. The van der Waals surface area contributed by atoms with Crippen molar-refractivity contribution >= 4 is 23.6 Å². The Bertz CT molecular complexity index is 280. The molecule has 0 radical (unpaired) electrons. The molecule has 0 aromatic carbocycles. The Morgan fingerprint density at radius 1 is 1.33 bits per heavy atom. The number of hydrogen-bond donors (Lipinski definition) is 3. The van der Waals surface area contributed by atoms with Gasteiger partial charge in [-0.1, -0.05) is 19.3 Å². The summed E-state index contributed by atoms with van der Waals surface area (Å²) in [6, 6.07) is -0.492. The number of carbonyl (C=O) groups excluding carboxylic acids is 1. The summed E-state index contributed by atoms with van der Waals surface area (Å²) in [6.07, 6.45) is 6.29. The molecule has 18 heavy (non-hydrogen) atoms. The van der Waals surface area contributed by atoms with E-state index in [-0.39, 0.29) is 5.91 Å². The first-order valence-electron chi connectivity index (χ1n) is 6.45. The van der Waals surface area contributed by atoms with Crippen molar-refractivity contribution in [3.63, 3.8) is 0 Å². The van der Waals surface area contributed by atoms with Crippen LogP contribution in [0, 0.1) is 0 Å². The number of thioether (sulfide) groups is 1. The largest absolute Gasteiger partial charge is 0.480 e. The third kappa shape index (κ3) is 6.26. The lowest BCUT2D eigenvalue weighted by Gasteiger charge is -2.22. The Labute approximate surface area is 112 Å². The smallest absolute Gasteiger partial charge is 0.321 e. The lowest BCUT2D eigenvalue weighted by molar-refractivity contribution is -0.137. The van der Waals surface area contributed by atoms with Gasteiger partial charge in [0.15, 0.2) is 0 Å². The van der Waals surface area contributed by atoms with Crippen molar-refractivity contribution in [2.24, 2.45) is 5.73 Å². The summed E-state index contributed by atoms with van der Waals surface area (Å²) >= 11 is 1.41. The monoisotopic (exact) mass is 274 g/mol. The van der Waals surface area contributed by atoms with Gasteiger partial charge in [0, 0.05) is 24.0 Å². The zero-order valence-electron chi connectivity index (χ0n) is 10.6. The van der Waals surface area contributed by atoms with Crippen molar-refractivity contribution in [1.29, 1.82) is 0 Å². The van der Waals surface area contributed by atoms with Crippen LogP contribution in [0.25, 0.3) is 0 Å². The fourth-order valence-electron chi connectivity index (χ4n) is 1.99. The quantitative estimate of drug-likeness (QED) is 0.602. The van der Waals surface area contributed by atoms with E-state index in [4.69, 9.17) is 10.8 Å². The number of nitrogens with one attached hydrogen (secondary N) is 1. The van der Waals surface area contributed by atoms with Gasteiger partial charge in [-0.05, 0) is 12.8 Å². The first kappa shape index (κ1) is 15.3. The minimum Gasteiger partial charge on any atom is -0.480 e. The molecule has 0 heterocycles. The molecular weight excluding hydrogens is 252 g/mol. The second-order valence-electron chi connectivity index (χ2n) is 4.67. The molecule has 1 aliphatic rings. The second-order valence-corrected chi connectivity index (χ2v) is 5.82. The van der Waals surface area contributed by atoms with Gasteiger partial charge < -0.3 is 16.2 Å². The molecule has 1 atom stereocenters. The van der Waals surface area contributed by atoms with Crippen LogP contribution in [0.5, 0.6) is 0 Å². The van der Waals surface area contributed by atoms with E-state index >= 15 is 0 Å². The summed E-state index contributed by atoms with van der Waals surface area (Å²) < 4.78 is 0. The van der Waals surface area contributed by atoms with E-state index in [1.165, 1.54) is 31.0 Å². The van der Waals surface area contributed by atoms with Gasteiger partial charge >= 0.3 is 5.97 Å². The normalized spacial score (nSPS) is 18.3. The summed E-state index contributed by atoms with van der Waals surface area (Å²) in [5, 5.41) is 11.6. The Hall–Kier alpha value is -0.750. The average molecular weight is 274 g/mol. The molecule has 1 saturated carbocycles. The zero-order valence-corrected chi connectivity index (χ0v) is 11.4. The molecule has 4 N–H and O–H groups in total. The van der Waals surface area contributed by atoms with Crippen LogP contribution < -0.4 is 11.1 Å². The summed E-state index contributed by atoms with van der Waals surface area (Å²) in [4.78, 5) is 22.1. The zero-order chi connectivity index (χ0) is 13.4. The Morgan fingerprint density at radius 2 is 2.00 bits per heavy atom. The molecule has 0 aromatic rings. The van der Waals surface area contributed by atoms with Gasteiger partial charge in [-0.25, -0.2) is 0 Å². The first-order chi connectivity index (χ1) is 8.59. The summed E-state index contributed by atoms with van der Waals surface area (Å²) in [6.45, 7) is 0. The molecule has 0 bridgehead atoms. The molecule has 0 aromatic heterocycles. The highest BCUT2D eigenvalue weighted by molar-refractivity contribution is 7.99. The molecule has 1 amide bonds. The minimum atomic E-state index is -0.992. The van der Waals surface area contributed by atoms with Crippen LogP contribution in [0.4, 0.5) is 0 Å². The van der Waals surface area contributed by atoms with E-state index in [2.05, 4.69) is 5.32 Å². The summed E-state index contributed by atoms with van der Waals surface area (Å²) in [5.74, 6) is 0.0541. The van der Waals surface area contributed by atoms with Crippen molar-refractivity contribution in [3.05, 3.63) is 0 Å². The first-order valence-corrected chi connectivity index (χ1v) is 7.60. The minimum absolute atomic E-state index is 0.0679. The van der Waals surface area contributed by atoms with Crippen molar-refractivity contribution < 1.29 is 14.7 Å². The fraction of sp³-hybridized carbons (Fsp3) is 0.833. The highest BCUT2D eigenvalue weighted by atomic mass is 32.2. The van der Waals surface area contributed by atoms with Crippen LogP contribution in [0.3, 0.4) is 0 Å². The van der Waals surface area contributed by atoms with Gasteiger partial charge in [0.05, 0.1) is 0 Å². The molecule has 104 valence electrons. The number of carbonyl (C=O) groups is 2. The lowest BCUT2D eigenvalue weighted by atomic mass is 9.95. The van der Waals surface area contributed by atoms with Gasteiger partial charge in [-0.15, -0.1) is 0 Å². The predicted octanol–water partition coefficient (Wildman–Crippen LogP) is 0.970. The third-order valence-electron chi connectivity index (χ3n) is 3.06. The number of carboxylic acid groups (broad SMARTS) is 1. The summed E-state index contributed by atoms with van der Waals surface area (Å²) in [7, 11) is 0. The highest BCUT2D eigenvalue weighted by Gasteiger charge is 2.16. The van der Waals surface area contributed by atoms with Crippen molar-refractivity contribution in [1.82, 2.24) is 5.32 Å². The van der Waals surface area contributed by atoms with Gasteiger partial charge in [0.25, 0.3) is 0 Å². The second kappa shape index (κ2) is 8.37. The number of carboxylic acids is 1. The van der Waals surface area contributed by atoms with Crippen LogP contribution in [0.2, 0.25) is 0 Å². The predicted molar refractivity (Wildman–Crippen MR) is 72.6 cm³/mol. The highest BCUT2D eigenvalue weighted by Crippen LogP contribution is 2.17. The number of rotatable bonds is 7. The van der Waals surface area contributed by atoms with Crippen LogP contribution in [-0.4, -0.2) is 40.6 Å². The molecule has 1 aliphatic carbocycles. The number of hydrogen-bond acceptors (Lipinski definition) is 4. The van der Waals surface area contributed by atoms with E-state index < -0.39 is 12.0 Å². The van der Waals surface area contributed by atoms with E-state index in [1.807, 2.05) is 0 Å². The van der Waals surface area contributed by atoms with Crippen molar-refractivity contribution in [2.45, 2.75) is 50.6 Å². The molecule has 5 nitrogen and oxygen atoms in total. The third-order valence-corrected chi connectivity index (χ3v) is 4.15. The van der Waals surface area contributed by atoms with Crippen molar-refractivity contribution in [2.75, 3.05) is 11.5 Å². The standard InChI is InChI=1S/C12H22N2O3S/c13-10(12(16)17)8-18-7-6-11(15)14-9-4-2-1-3-5-9/h9-10H,1-8,13H2,(H,14,15)(H,16,17)/t10-/m1/s1. The fourth-order valence-corrected chi connectivity index (χ4v) is 2.89. The maximum Gasteiger partial charge on any atom is 0.321 e. The van der Waals surface area contributed by atoms with Crippen LogP contribution >= 0.6 is 11.8 Å². The van der Waals surface area contributed by atoms with E-state index in [1.54, 1.807) is 0 Å². The number of amides is 1. The van der Waals surface area contributed by atoms with E-state index in [0.717, 1.165) is 12.8 Å². The van der Waals surface area contributed by atoms with Crippen LogP contribution in [-0.2, 0) is 9.59 Å². The maximum atomic E-state index is 11.6. The molecule has 0 aliphatic heterocycles. The van der Waals surface area contributed by atoms with Gasteiger partial charge in [0.2, 0.25) is 5.91 Å². The molecular formula is C12H22N2O3S. The average Bonchev–Trinajstić information content (AvgIpc) is 2.35.